The molecular weight excluding hydrogens is 336 g/mol. The van der Waals surface area contributed by atoms with Gasteiger partial charge in [-0.25, -0.2) is 10.4 Å². The van der Waals surface area contributed by atoms with Crippen molar-refractivity contribution in [3.63, 3.8) is 0 Å². The Bertz CT molecular complexity index is 972. The lowest BCUT2D eigenvalue weighted by molar-refractivity contribution is -0.122. The number of benzene rings is 1. The van der Waals surface area contributed by atoms with Crippen LogP contribution in [-0.2, 0) is 4.79 Å². The normalized spacial score (nSPS) is 19.2. The molecule has 0 unspecified atom stereocenters. The molecule has 1 N–H and O–H groups in total. The first-order valence-electron chi connectivity index (χ1n) is 8.01. The average Bonchev–Trinajstić information content (AvgIpc) is 3.42. The summed E-state index contributed by atoms with van der Waals surface area (Å²) in [5.74, 6) is 0.0897. The van der Waals surface area contributed by atoms with Gasteiger partial charge in [0.05, 0.1) is 22.9 Å². The lowest BCUT2D eigenvalue weighted by Crippen LogP contribution is -2.20. The van der Waals surface area contributed by atoms with Crippen LogP contribution in [0.2, 0.25) is 5.02 Å². The minimum absolute atomic E-state index is 0.0515. The molecule has 0 bridgehead atoms. The fraction of sp³-hybridized carbons (Fsp3) is 0.158. The molecule has 0 spiro atoms. The molecule has 3 aromatic rings. The number of halogens is 1. The van der Waals surface area contributed by atoms with Crippen molar-refractivity contribution >= 4 is 34.8 Å². The molecule has 2 aromatic heterocycles. The first-order chi connectivity index (χ1) is 12.2. The van der Waals surface area contributed by atoms with Crippen molar-refractivity contribution in [1.29, 1.82) is 0 Å². The number of fused-ring (bicyclic) bond motifs is 1. The molecule has 124 valence electrons. The molecule has 0 saturated heterocycles. The number of aromatic nitrogens is 2. The number of hydrazone groups is 1. The number of nitrogens with zero attached hydrogens (tertiary/aromatic N) is 3. The number of carbonyl (C=O) groups is 1. The van der Waals surface area contributed by atoms with Gasteiger partial charge in [-0.1, -0.05) is 23.7 Å². The van der Waals surface area contributed by atoms with E-state index in [4.69, 9.17) is 11.6 Å². The Morgan fingerprint density at radius 2 is 2.12 bits per heavy atom. The van der Waals surface area contributed by atoms with Crippen LogP contribution in [0, 0.1) is 5.92 Å². The van der Waals surface area contributed by atoms with Gasteiger partial charge in [0.25, 0.3) is 0 Å². The van der Waals surface area contributed by atoms with Gasteiger partial charge in [0.1, 0.15) is 0 Å². The topological polar surface area (TPSA) is 67.2 Å². The Labute approximate surface area is 149 Å². The lowest BCUT2D eigenvalue weighted by Gasteiger charge is -2.01. The van der Waals surface area contributed by atoms with Gasteiger partial charge >= 0.3 is 0 Å². The number of hydrogen-bond acceptors (Lipinski definition) is 4. The molecule has 1 aromatic carbocycles. The van der Waals surface area contributed by atoms with E-state index >= 15 is 0 Å². The number of carbonyl (C=O) groups excluding carboxylic acids is 1. The Morgan fingerprint density at radius 3 is 3.00 bits per heavy atom. The first kappa shape index (κ1) is 15.7. The summed E-state index contributed by atoms with van der Waals surface area (Å²) in [7, 11) is 0. The van der Waals surface area contributed by atoms with Crippen molar-refractivity contribution in [1.82, 2.24) is 15.4 Å². The smallest absolute Gasteiger partial charge is 0.243 e. The minimum Gasteiger partial charge on any atom is -0.273 e. The molecule has 1 amide bonds. The Balaban J connectivity index is 1.38. The molecule has 1 aliphatic carbocycles. The molecule has 1 fully saturated rings. The highest BCUT2D eigenvalue weighted by Crippen LogP contribution is 2.47. The standard InChI is InChI=1S/C19H15ClN4O/c20-13-4-1-3-12(9-13)15-10-16(15)19(25)24-22-11-14-6-7-17-18(23-14)5-2-8-21-17/h1-9,11,15-16H,10H2,(H,24,25)/t15-,16+/m0/s1. The van der Waals surface area contributed by atoms with Crippen LogP contribution in [0.1, 0.15) is 23.6 Å². The fourth-order valence-corrected chi connectivity index (χ4v) is 3.08. The lowest BCUT2D eigenvalue weighted by atomic mass is 10.1. The van der Waals surface area contributed by atoms with E-state index < -0.39 is 0 Å². The summed E-state index contributed by atoms with van der Waals surface area (Å²) in [5, 5.41) is 4.71. The highest BCUT2D eigenvalue weighted by Gasteiger charge is 2.43. The third-order valence-corrected chi connectivity index (χ3v) is 4.49. The van der Waals surface area contributed by atoms with Crippen molar-refractivity contribution in [2.24, 2.45) is 11.0 Å². The van der Waals surface area contributed by atoms with E-state index in [0.29, 0.717) is 10.7 Å². The maximum absolute atomic E-state index is 12.2. The molecule has 4 rings (SSSR count). The van der Waals surface area contributed by atoms with E-state index in [2.05, 4.69) is 20.5 Å². The van der Waals surface area contributed by atoms with Crippen LogP contribution in [0.15, 0.2) is 59.8 Å². The van der Waals surface area contributed by atoms with Crippen LogP contribution in [0.25, 0.3) is 11.0 Å². The van der Waals surface area contributed by atoms with Crippen molar-refractivity contribution in [2.75, 3.05) is 0 Å². The van der Waals surface area contributed by atoms with E-state index in [1.54, 1.807) is 12.4 Å². The van der Waals surface area contributed by atoms with Crippen molar-refractivity contribution in [3.8, 4) is 0 Å². The van der Waals surface area contributed by atoms with Crippen molar-refractivity contribution in [3.05, 3.63) is 71.0 Å². The van der Waals surface area contributed by atoms with E-state index in [-0.39, 0.29) is 17.7 Å². The Hall–Kier alpha value is -2.79. The van der Waals surface area contributed by atoms with Crippen LogP contribution >= 0.6 is 11.6 Å². The number of rotatable bonds is 4. The molecule has 2 atom stereocenters. The molecule has 5 nitrogen and oxygen atoms in total. The second kappa shape index (κ2) is 6.61. The summed E-state index contributed by atoms with van der Waals surface area (Å²) >= 11 is 6.00. The molecule has 1 saturated carbocycles. The Morgan fingerprint density at radius 1 is 1.20 bits per heavy atom. The molecule has 0 aliphatic heterocycles. The largest absolute Gasteiger partial charge is 0.273 e. The molecule has 6 heteroatoms. The van der Waals surface area contributed by atoms with Crippen LogP contribution in [-0.4, -0.2) is 22.1 Å². The van der Waals surface area contributed by atoms with Crippen molar-refractivity contribution in [2.45, 2.75) is 12.3 Å². The van der Waals surface area contributed by atoms with Crippen LogP contribution < -0.4 is 5.43 Å². The zero-order valence-corrected chi connectivity index (χ0v) is 14.0. The van der Waals surface area contributed by atoms with E-state index in [1.807, 2.05) is 48.5 Å². The minimum atomic E-state index is -0.0799. The summed E-state index contributed by atoms with van der Waals surface area (Å²) in [5.41, 5.74) is 5.98. The van der Waals surface area contributed by atoms with Gasteiger partial charge in [0.15, 0.2) is 0 Å². The predicted molar refractivity (Wildman–Crippen MR) is 97.6 cm³/mol. The van der Waals surface area contributed by atoms with E-state index in [9.17, 15) is 4.79 Å². The molecule has 2 heterocycles. The van der Waals surface area contributed by atoms with Gasteiger partial charge in [0.2, 0.25) is 5.91 Å². The van der Waals surface area contributed by atoms with E-state index in [0.717, 1.165) is 23.0 Å². The average molecular weight is 351 g/mol. The summed E-state index contributed by atoms with van der Waals surface area (Å²) in [4.78, 5) is 20.8. The number of amides is 1. The SMILES string of the molecule is O=C(NN=Cc1ccc2ncccc2n1)[C@@H]1C[C@H]1c1cccc(Cl)c1. The third-order valence-electron chi connectivity index (χ3n) is 4.25. The third kappa shape index (κ3) is 3.51. The fourth-order valence-electron chi connectivity index (χ4n) is 2.88. The van der Waals surface area contributed by atoms with Crippen LogP contribution in [0.4, 0.5) is 0 Å². The quantitative estimate of drug-likeness (QED) is 0.578. The number of pyridine rings is 2. The first-order valence-corrected chi connectivity index (χ1v) is 8.39. The van der Waals surface area contributed by atoms with E-state index in [1.165, 1.54) is 0 Å². The Kier molecular flexibility index (Phi) is 4.15. The van der Waals surface area contributed by atoms with Crippen LogP contribution in [0.3, 0.4) is 0 Å². The predicted octanol–water partition coefficient (Wildman–Crippen LogP) is 3.54. The summed E-state index contributed by atoms with van der Waals surface area (Å²) in [6.45, 7) is 0. The van der Waals surface area contributed by atoms with Crippen molar-refractivity contribution < 1.29 is 4.79 Å². The highest BCUT2D eigenvalue weighted by atomic mass is 35.5. The van der Waals surface area contributed by atoms with Crippen LogP contribution in [0.5, 0.6) is 0 Å². The molecular formula is C19H15ClN4O. The monoisotopic (exact) mass is 350 g/mol. The molecule has 25 heavy (non-hydrogen) atoms. The number of nitrogens with one attached hydrogen (secondary N) is 1. The number of hydrogen-bond donors (Lipinski definition) is 1. The maximum atomic E-state index is 12.2. The zero-order chi connectivity index (χ0) is 17.2. The second-order valence-corrected chi connectivity index (χ2v) is 6.45. The zero-order valence-electron chi connectivity index (χ0n) is 13.3. The van der Waals surface area contributed by atoms with Gasteiger partial charge in [-0.15, -0.1) is 0 Å². The highest BCUT2D eigenvalue weighted by molar-refractivity contribution is 6.30. The van der Waals surface area contributed by atoms with Gasteiger partial charge in [-0.2, -0.15) is 5.10 Å². The van der Waals surface area contributed by atoms with Gasteiger partial charge in [-0.05, 0) is 54.3 Å². The summed E-state index contributed by atoms with van der Waals surface area (Å²) < 4.78 is 0. The maximum Gasteiger partial charge on any atom is 0.243 e. The summed E-state index contributed by atoms with van der Waals surface area (Å²) in [6, 6.07) is 15.1. The second-order valence-electron chi connectivity index (χ2n) is 6.02. The van der Waals surface area contributed by atoms with Gasteiger partial charge in [-0.3, -0.25) is 9.78 Å². The molecule has 1 aliphatic rings. The molecule has 0 radical (unpaired) electrons. The van der Waals surface area contributed by atoms with Gasteiger partial charge < -0.3 is 0 Å². The van der Waals surface area contributed by atoms with Gasteiger partial charge in [0, 0.05) is 17.1 Å². The summed E-state index contributed by atoms with van der Waals surface area (Å²) in [6.07, 6.45) is 4.09.